The predicted molar refractivity (Wildman–Crippen MR) is 90.0 cm³/mol. The largest absolute Gasteiger partial charge is 0.314 e. The Morgan fingerprint density at radius 2 is 2.00 bits per heavy atom. The summed E-state index contributed by atoms with van der Waals surface area (Å²) < 4.78 is 12.0. The molecule has 2 aliphatic rings. The highest BCUT2D eigenvalue weighted by Crippen LogP contribution is 2.46. The Morgan fingerprint density at radius 1 is 1.19 bits per heavy atom. The van der Waals surface area contributed by atoms with E-state index in [1.54, 1.807) is 0 Å². The van der Waals surface area contributed by atoms with E-state index >= 15 is 0 Å². The van der Waals surface area contributed by atoms with Gasteiger partial charge in [0.1, 0.15) is 0 Å². The van der Waals surface area contributed by atoms with Crippen LogP contribution in [0.5, 0.6) is 0 Å². The Balaban J connectivity index is 1.43. The summed E-state index contributed by atoms with van der Waals surface area (Å²) in [6.07, 6.45) is 6.10. The molecule has 2 saturated carbocycles. The maximum Gasteiger partial charge on any atom is 0.0362 e. The number of benzene rings is 1. The molecule has 0 bridgehead atoms. The zero-order chi connectivity index (χ0) is 14.7. The zero-order valence-corrected chi connectivity index (χ0v) is 13.8. The van der Waals surface area contributed by atoms with Crippen LogP contribution < -0.4 is 5.32 Å². The monoisotopic (exact) mass is 305 g/mol. The van der Waals surface area contributed by atoms with Crippen LogP contribution in [-0.2, 0) is 10.8 Å². The Hall–Kier alpha value is -0.670. The van der Waals surface area contributed by atoms with Gasteiger partial charge < -0.3 is 5.32 Å². The van der Waals surface area contributed by atoms with Crippen LogP contribution in [0.4, 0.5) is 0 Å². The Bertz CT molecular complexity index is 475. The van der Waals surface area contributed by atoms with Crippen molar-refractivity contribution in [1.82, 2.24) is 5.32 Å². The van der Waals surface area contributed by atoms with Crippen molar-refractivity contribution in [1.29, 1.82) is 0 Å². The Morgan fingerprint density at radius 3 is 2.76 bits per heavy atom. The first-order valence-corrected chi connectivity index (χ1v) is 9.81. The summed E-state index contributed by atoms with van der Waals surface area (Å²) in [5, 5.41) is 4.19. The van der Waals surface area contributed by atoms with E-state index in [9.17, 15) is 4.21 Å². The third-order valence-electron chi connectivity index (χ3n) is 5.10. The highest BCUT2D eigenvalue weighted by atomic mass is 32.2. The highest BCUT2D eigenvalue weighted by Gasteiger charge is 2.38. The molecule has 5 atom stereocenters. The molecule has 5 unspecified atom stereocenters. The number of rotatable bonds is 6. The first kappa shape index (κ1) is 15.2. The van der Waals surface area contributed by atoms with Crippen LogP contribution in [0.2, 0.25) is 0 Å². The van der Waals surface area contributed by atoms with Gasteiger partial charge in [0.15, 0.2) is 0 Å². The Kier molecular flexibility index (Phi) is 5.12. The molecule has 0 amide bonds. The minimum absolute atomic E-state index is 0.436. The van der Waals surface area contributed by atoms with Gasteiger partial charge in [-0.25, -0.2) is 0 Å². The van der Waals surface area contributed by atoms with E-state index in [0.29, 0.717) is 11.3 Å². The summed E-state index contributed by atoms with van der Waals surface area (Å²) in [6.45, 7) is 3.18. The molecule has 0 aliphatic heterocycles. The minimum atomic E-state index is -0.609. The molecule has 2 aliphatic carbocycles. The number of hydrogen-bond acceptors (Lipinski definition) is 2. The molecule has 0 aromatic heterocycles. The average Bonchev–Trinajstić information content (AvgIpc) is 3.33. The zero-order valence-electron chi connectivity index (χ0n) is 13.0. The van der Waals surface area contributed by atoms with Crippen LogP contribution >= 0.6 is 0 Å². The van der Waals surface area contributed by atoms with Crippen molar-refractivity contribution < 1.29 is 4.21 Å². The quantitative estimate of drug-likeness (QED) is 0.872. The van der Waals surface area contributed by atoms with Crippen molar-refractivity contribution in [3.05, 3.63) is 35.9 Å². The summed E-state index contributed by atoms with van der Waals surface area (Å²) in [6, 6.07) is 11.5. The lowest BCUT2D eigenvalue weighted by Crippen LogP contribution is -2.38. The van der Waals surface area contributed by atoms with E-state index in [2.05, 4.69) is 35.6 Å². The molecular formula is C18H27NOS. The van der Waals surface area contributed by atoms with Gasteiger partial charge in [-0.05, 0) is 49.6 Å². The van der Waals surface area contributed by atoms with Crippen LogP contribution in [0.15, 0.2) is 30.3 Å². The first-order chi connectivity index (χ1) is 10.3. The van der Waals surface area contributed by atoms with E-state index in [1.165, 1.54) is 24.8 Å². The second-order valence-corrected chi connectivity index (χ2v) is 8.58. The van der Waals surface area contributed by atoms with Crippen molar-refractivity contribution in [3.63, 3.8) is 0 Å². The second kappa shape index (κ2) is 7.06. The fourth-order valence-electron chi connectivity index (χ4n) is 3.70. The molecule has 1 N–H and O–H groups in total. The molecule has 3 heteroatoms. The van der Waals surface area contributed by atoms with Crippen LogP contribution in [-0.4, -0.2) is 27.8 Å². The lowest BCUT2D eigenvalue weighted by atomic mass is 9.95. The average molecular weight is 305 g/mol. The molecular weight excluding hydrogens is 278 g/mol. The van der Waals surface area contributed by atoms with Crippen molar-refractivity contribution in [2.75, 3.05) is 12.3 Å². The summed E-state index contributed by atoms with van der Waals surface area (Å²) in [5.74, 6) is 2.39. The van der Waals surface area contributed by atoms with Gasteiger partial charge >= 0.3 is 0 Å². The van der Waals surface area contributed by atoms with Crippen LogP contribution in [0.3, 0.4) is 0 Å². The van der Waals surface area contributed by atoms with E-state index < -0.39 is 10.8 Å². The van der Waals surface area contributed by atoms with Gasteiger partial charge in [-0.3, -0.25) is 4.21 Å². The van der Waals surface area contributed by atoms with Crippen molar-refractivity contribution in [3.8, 4) is 0 Å². The Labute approximate surface area is 131 Å². The van der Waals surface area contributed by atoms with Crippen molar-refractivity contribution in [2.24, 2.45) is 5.92 Å². The second-order valence-electron chi connectivity index (χ2n) is 6.58. The third kappa shape index (κ3) is 3.95. The molecule has 0 heterocycles. The summed E-state index contributed by atoms with van der Waals surface area (Å²) >= 11 is 0. The molecule has 0 spiro atoms. The topological polar surface area (TPSA) is 29.1 Å². The van der Waals surface area contributed by atoms with Gasteiger partial charge in [-0.1, -0.05) is 43.7 Å². The van der Waals surface area contributed by atoms with E-state index in [4.69, 9.17) is 0 Å². The van der Waals surface area contributed by atoms with E-state index in [0.717, 1.165) is 37.0 Å². The fourth-order valence-corrected chi connectivity index (χ4v) is 5.05. The molecule has 116 valence electrons. The standard InChI is InChI=1S/C18H27NOS/c1-2-21(20)17-10-6-9-16(12-17)19-13-15-11-18(15)14-7-4-3-5-8-14/h3-5,7-8,15-19H,2,6,9-13H2,1H3. The molecule has 0 saturated heterocycles. The molecule has 2 fully saturated rings. The predicted octanol–water partition coefficient (Wildman–Crippen LogP) is 3.46. The molecule has 3 rings (SSSR count). The van der Waals surface area contributed by atoms with Crippen molar-refractivity contribution in [2.45, 2.75) is 56.2 Å². The lowest BCUT2D eigenvalue weighted by molar-refractivity contribution is 0.371. The maximum atomic E-state index is 12.0. The van der Waals surface area contributed by atoms with Gasteiger partial charge in [-0.2, -0.15) is 0 Å². The SMILES string of the molecule is CCS(=O)C1CCCC(NCC2CC2c2ccccc2)C1. The van der Waals surface area contributed by atoms with Crippen LogP contribution in [0.1, 0.15) is 50.5 Å². The first-order valence-electron chi connectivity index (χ1n) is 8.43. The molecule has 1 aromatic carbocycles. The van der Waals surface area contributed by atoms with Crippen LogP contribution in [0, 0.1) is 5.92 Å². The summed E-state index contributed by atoms with van der Waals surface area (Å²) in [4.78, 5) is 0. The van der Waals surface area contributed by atoms with Gasteiger partial charge in [0.05, 0.1) is 0 Å². The summed E-state index contributed by atoms with van der Waals surface area (Å²) in [7, 11) is -0.609. The van der Waals surface area contributed by atoms with E-state index in [1.807, 2.05) is 6.92 Å². The van der Waals surface area contributed by atoms with Gasteiger partial charge in [0.25, 0.3) is 0 Å². The molecule has 2 nitrogen and oxygen atoms in total. The summed E-state index contributed by atoms with van der Waals surface area (Å²) in [5.41, 5.74) is 1.50. The van der Waals surface area contributed by atoms with Crippen LogP contribution in [0.25, 0.3) is 0 Å². The maximum absolute atomic E-state index is 12.0. The highest BCUT2D eigenvalue weighted by molar-refractivity contribution is 7.85. The molecule has 21 heavy (non-hydrogen) atoms. The normalized spacial score (nSPS) is 33.6. The van der Waals surface area contributed by atoms with Gasteiger partial charge in [-0.15, -0.1) is 0 Å². The molecule has 1 aromatic rings. The van der Waals surface area contributed by atoms with Gasteiger partial charge in [0.2, 0.25) is 0 Å². The molecule has 0 radical (unpaired) electrons. The minimum Gasteiger partial charge on any atom is -0.314 e. The fraction of sp³-hybridized carbons (Fsp3) is 0.667. The number of nitrogens with one attached hydrogen (secondary N) is 1. The van der Waals surface area contributed by atoms with Gasteiger partial charge in [0, 0.05) is 27.8 Å². The smallest absolute Gasteiger partial charge is 0.0362 e. The van der Waals surface area contributed by atoms with E-state index in [-0.39, 0.29) is 0 Å². The third-order valence-corrected chi connectivity index (χ3v) is 6.84. The lowest BCUT2D eigenvalue weighted by Gasteiger charge is -2.29. The van der Waals surface area contributed by atoms with Crippen molar-refractivity contribution >= 4 is 10.8 Å². The number of hydrogen-bond donors (Lipinski definition) is 1.